The van der Waals surface area contributed by atoms with Crippen molar-refractivity contribution in [3.8, 4) is 78.7 Å². The second kappa shape index (κ2) is 27.3. The predicted octanol–water partition coefficient (Wildman–Crippen LogP) is 28.2. The average Bonchev–Trinajstić information content (AvgIpc) is 1.63. The van der Waals surface area contributed by atoms with Crippen molar-refractivity contribution >= 4 is 153 Å². The van der Waals surface area contributed by atoms with Crippen LogP contribution in [-0.2, 0) is 0 Å². The number of aliphatic imine (C=N–C) groups is 2. The maximum Gasteiger partial charge on any atom is 0.165 e. The molecular formula is C107H66N6O3S. The molecule has 5 heterocycles. The summed E-state index contributed by atoms with van der Waals surface area (Å²) in [7, 11) is 0. The third kappa shape index (κ3) is 11.8. The number of benzene rings is 16. The molecule has 0 bridgehead atoms. The van der Waals surface area contributed by atoms with Crippen LogP contribution < -0.4 is 5.73 Å². The van der Waals surface area contributed by atoms with Gasteiger partial charge in [0.15, 0.2) is 23.3 Å². The van der Waals surface area contributed by atoms with Gasteiger partial charge in [0.2, 0.25) is 0 Å². The molecule has 2 aliphatic carbocycles. The Morgan fingerprint density at radius 2 is 0.863 bits per heavy atom. The van der Waals surface area contributed by atoms with Crippen molar-refractivity contribution in [3.63, 3.8) is 0 Å². The van der Waals surface area contributed by atoms with E-state index < -0.39 is 0 Å². The number of furan rings is 3. The van der Waals surface area contributed by atoms with Gasteiger partial charge >= 0.3 is 0 Å². The van der Waals surface area contributed by atoms with Gasteiger partial charge in [-0.15, -0.1) is 11.3 Å². The van der Waals surface area contributed by atoms with Crippen LogP contribution in [0.25, 0.3) is 208 Å². The highest BCUT2D eigenvalue weighted by Gasteiger charge is 2.27. The molecule has 23 rings (SSSR count). The molecule has 0 amide bonds. The van der Waals surface area contributed by atoms with Gasteiger partial charge in [-0.1, -0.05) is 286 Å². The molecule has 548 valence electrons. The van der Waals surface area contributed by atoms with Crippen LogP contribution in [-0.4, -0.2) is 26.6 Å². The summed E-state index contributed by atoms with van der Waals surface area (Å²) in [5, 5.41) is 15.3. The fourth-order valence-corrected chi connectivity index (χ4v) is 18.6. The maximum atomic E-state index is 7.26. The highest BCUT2D eigenvalue weighted by Crippen LogP contribution is 2.47. The molecular weight excluding hydrogens is 1450 g/mol. The third-order valence-electron chi connectivity index (χ3n) is 23.4. The molecule has 2 N–H and O–H groups in total. The zero-order chi connectivity index (χ0) is 77.3. The van der Waals surface area contributed by atoms with Crippen LogP contribution in [0.15, 0.2) is 399 Å². The first kappa shape index (κ1) is 67.5. The van der Waals surface area contributed by atoms with Crippen LogP contribution in [0.4, 0.5) is 0 Å². The highest BCUT2D eigenvalue weighted by atomic mass is 32.1. The van der Waals surface area contributed by atoms with Gasteiger partial charge in [0, 0.05) is 103 Å². The Hall–Kier alpha value is -15.2. The van der Waals surface area contributed by atoms with Crippen LogP contribution >= 0.6 is 11.3 Å². The lowest BCUT2D eigenvalue weighted by atomic mass is 9.79. The number of rotatable bonds is 12. The zero-order valence-electron chi connectivity index (χ0n) is 62.9. The molecule has 2 unspecified atom stereocenters. The molecule has 16 aromatic carbocycles. The molecule has 0 radical (unpaired) electrons. The summed E-state index contributed by atoms with van der Waals surface area (Å²) < 4.78 is 22.2. The molecule has 2 atom stereocenters. The van der Waals surface area contributed by atoms with Gasteiger partial charge in [-0.2, -0.15) is 0 Å². The largest absolute Gasteiger partial charge is 0.456 e. The van der Waals surface area contributed by atoms with E-state index in [2.05, 4.69) is 322 Å². The molecule has 0 saturated carbocycles. The van der Waals surface area contributed by atoms with Gasteiger partial charge < -0.3 is 19.0 Å². The number of thiophene rings is 1. The van der Waals surface area contributed by atoms with Crippen LogP contribution in [0.2, 0.25) is 0 Å². The van der Waals surface area contributed by atoms with Crippen LogP contribution in [0.5, 0.6) is 0 Å². The summed E-state index contributed by atoms with van der Waals surface area (Å²) in [4.78, 5) is 26.9. The van der Waals surface area contributed by atoms with Crippen molar-refractivity contribution < 1.29 is 13.3 Å². The number of nitrogens with zero attached hydrogens (tertiary/aromatic N) is 5. The van der Waals surface area contributed by atoms with Crippen LogP contribution in [0.3, 0.4) is 0 Å². The van der Waals surface area contributed by atoms with E-state index in [0.717, 1.165) is 176 Å². The Balaban J connectivity index is 0.558. The number of amidine groups is 2. The third-order valence-corrected chi connectivity index (χ3v) is 24.6. The molecule has 0 aliphatic heterocycles. The molecule has 21 aromatic rings. The Kier molecular flexibility index (Phi) is 15.7. The van der Waals surface area contributed by atoms with E-state index in [9.17, 15) is 0 Å². The molecule has 5 aromatic heterocycles. The molecule has 0 fully saturated rings. The number of aromatic nitrogens is 3. The van der Waals surface area contributed by atoms with Crippen LogP contribution in [0.1, 0.15) is 16.7 Å². The number of fused-ring (bicyclic) bond motifs is 16. The SMILES string of the molecule is C=C(/N=C(\N=C(/N)C1=CC2C=C(c3ccc4cc(-c5ccc(-c6nc(-c7ccc8ccccc8c7)nc(-c7c(-c8ccc9sc%10ccccc%10c9c8)ccc8oc9ccccc9c78)n6)cc5)ccc4c3)C=CC2C=C1)c1ccc(-c2ccc3ccccc3c2)cc1)c1cccc2oc3ccc(-c4cccc5c4oc4ccccc45)cc3c12. The summed E-state index contributed by atoms with van der Waals surface area (Å²) in [6, 6.07) is 115. The lowest BCUT2D eigenvalue weighted by Gasteiger charge is -2.25. The lowest BCUT2D eigenvalue weighted by Crippen LogP contribution is -2.21. The number of para-hydroxylation sites is 3. The highest BCUT2D eigenvalue weighted by molar-refractivity contribution is 7.25. The Bertz CT molecular complexity index is 8000. The minimum Gasteiger partial charge on any atom is -0.456 e. The number of hydrogen-bond donors (Lipinski definition) is 1. The minimum atomic E-state index is 0.0125. The molecule has 117 heavy (non-hydrogen) atoms. The summed E-state index contributed by atoms with van der Waals surface area (Å²) in [6.45, 7) is 4.67. The fourth-order valence-electron chi connectivity index (χ4n) is 17.5. The Labute approximate surface area is 675 Å². The first-order valence-corrected chi connectivity index (χ1v) is 40.2. The monoisotopic (exact) mass is 1510 g/mol. The molecule has 0 spiro atoms. The predicted molar refractivity (Wildman–Crippen MR) is 487 cm³/mol. The lowest BCUT2D eigenvalue weighted by molar-refractivity contribution is 0.660. The van der Waals surface area contributed by atoms with Crippen molar-refractivity contribution in [2.24, 2.45) is 27.6 Å². The van der Waals surface area contributed by atoms with Gasteiger partial charge in [-0.25, -0.2) is 24.9 Å². The quantitative estimate of drug-likeness (QED) is 0.0953. The van der Waals surface area contributed by atoms with Gasteiger partial charge in [-0.3, -0.25) is 0 Å². The van der Waals surface area contributed by atoms with E-state index >= 15 is 0 Å². The van der Waals surface area contributed by atoms with Gasteiger partial charge in [0.05, 0.1) is 5.70 Å². The minimum absolute atomic E-state index is 0.0125. The van der Waals surface area contributed by atoms with E-state index in [0.29, 0.717) is 34.8 Å². The van der Waals surface area contributed by atoms with Crippen LogP contribution in [0, 0.1) is 11.8 Å². The molecule has 9 nitrogen and oxygen atoms in total. The second-order valence-corrected chi connectivity index (χ2v) is 31.5. The standard InChI is InChI=1S/C107H66N6O3S/c1-62(83-21-13-26-95-99(83)91-61-79(48-51-94(91)115-95)85-22-12-23-88-86-18-6-9-24-92(86)116-102(85)88)109-104(68-36-28-65(29-37-68)72-40-32-63-14-2-4-16-70(63)54-72)110-103(108)80-46-34-67-33-41-77(58-82(67)59-80)76-45-44-74-55-73(42-43-75(74)56-76)66-30-38-69(39-31-66)105-111-106(81-47-35-64-15-3-5-17-71(64)57-81)113-107(112-105)101-84(50-52-96-100(101)89-20-7-10-25-93(89)114-96)78-49-53-98-90(60-78)87-19-8-11-27-97(87)117-98/h2-61,67,82H,1H2,(H2,108,109,110). The smallest absolute Gasteiger partial charge is 0.165 e. The normalized spacial score (nSPS) is 14.5. The number of hydrogen-bond acceptors (Lipinski definition) is 8. The first-order valence-electron chi connectivity index (χ1n) is 39.4. The van der Waals surface area contributed by atoms with Gasteiger partial charge in [0.25, 0.3) is 0 Å². The summed E-state index contributed by atoms with van der Waals surface area (Å²) in [5.74, 6) is 2.63. The Morgan fingerprint density at radius 3 is 1.64 bits per heavy atom. The summed E-state index contributed by atoms with van der Waals surface area (Å²) in [5.41, 5.74) is 28.3. The van der Waals surface area contributed by atoms with E-state index in [-0.39, 0.29) is 11.8 Å². The van der Waals surface area contributed by atoms with Crippen molar-refractivity contribution in [2.45, 2.75) is 0 Å². The molecule has 0 saturated heterocycles. The summed E-state index contributed by atoms with van der Waals surface area (Å²) in [6.07, 6.45) is 13.4. The first-order chi connectivity index (χ1) is 57.7. The molecule has 2 aliphatic rings. The van der Waals surface area contributed by atoms with Crippen molar-refractivity contribution in [1.82, 2.24) is 15.0 Å². The second-order valence-electron chi connectivity index (χ2n) is 30.4. The van der Waals surface area contributed by atoms with E-state index in [1.165, 1.54) is 30.9 Å². The van der Waals surface area contributed by atoms with E-state index in [4.69, 9.17) is 43.9 Å². The fraction of sp³-hybridized carbons (Fsp3) is 0.0187. The number of allylic oxidation sites excluding steroid dienone is 6. The molecule has 10 heteroatoms. The number of nitrogens with two attached hydrogens (primary N) is 1. The van der Waals surface area contributed by atoms with Gasteiger partial charge in [-0.05, 0) is 167 Å². The average molecular weight is 1520 g/mol. The maximum absolute atomic E-state index is 7.26. The zero-order valence-corrected chi connectivity index (χ0v) is 63.8. The van der Waals surface area contributed by atoms with Crippen molar-refractivity contribution in [3.05, 3.63) is 393 Å². The van der Waals surface area contributed by atoms with Crippen molar-refractivity contribution in [1.29, 1.82) is 0 Å². The van der Waals surface area contributed by atoms with Crippen molar-refractivity contribution in [2.75, 3.05) is 0 Å². The topological polar surface area (TPSA) is 129 Å². The van der Waals surface area contributed by atoms with E-state index in [1.807, 2.05) is 59.9 Å². The Morgan fingerprint density at radius 1 is 0.342 bits per heavy atom. The van der Waals surface area contributed by atoms with E-state index in [1.54, 1.807) is 0 Å². The van der Waals surface area contributed by atoms with Gasteiger partial charge in [0.1, 0.15) is 39.3 Å². The summed E-state index contributed by atoms with van der Waals surface area (Å²) >= 11 is 1.82.